The number of hydrogen-bond acceptors (Lipinski definition) is 3. The largest absolute Gasteiger partial charge is 0.330 e. The number of fused-ring (bicyclic) bond motifs is 1. The van der Waals surface area contributed by atoms with Crippen molar-refractivity contribution in [3.63, 3.8) is 0 Å². The minimum atomic E-state index is 0.161. The summed E-state index contributed by atoms with van der Waals surface area (Å²) in [6.45, 7) is 1.35. The SMILES string of the molecule is NCCCn1[nH]c2c(c1=O)CCSC2. The zero-order valence-electron chi connectivity index (χ0n) is 8.08. The second kappa shape index (κ2) is 4.23. The molecule has 1 aliphatic rings. The fourth-order valence-corrected chi connectivity index (χ4v) is 2.64. The van der Waals surface area contributed by atoms with Gasteiger partial charge in [-0.25, -0.2) is 0 Å². The number of aromatic amines is 1. The number of nitrogens with zero attached hydrogens (tertiary/aromatic N) is 1. The highest BCUT2D eigenvalue weighted by Crippen LogP contribution is 2.20. The first kappa shape index (κ1) is 9.86. The van der Waals surface area contributed by atoms with E-state index < -0.39 is 0 Å². The van der Waals surface area contributed by atoms with Gasteiger partial charge in [0.05, 0.1) is 5.69 Å². The monoisotopic (exact) mass is 213 g/mol. The fraction of sp³-hybridized carbons (Fsp3) is 0.667. The molecular formula is C9H15N3OS. The predicted molar refractivity (Wildman–Crippen MR) is 58.6 cm³/mol. The molecule has 5 heteroatoms. The Hall–Kier alpha value is -0.680. The number of nitrogens with two attached hydrogens (primary N) is 1. The van der Waals surface area contributed by atoms with Crippen LogP contribution in [-0.4, -0.2) is 22.1 Å². The lowest BCUT2D eigenvalue weighted by molar-refractivity contribution is 0.565. The Morgan fingerprint density at radius 1 is 1.57 bits per heavy atom. The summed E-state index contributed by atoms with van der Waals surface area (Å²) >= 11 is 1.88. The highest BCUT2D eigenvalue weighted by molar-refractivity contribution is 7.98. The van der Waals surface area contributed by atoms with Crippen LogP contribution in [0.25, 0.3) is 0 Å². The molecule has 1 aromatic rings. The highest BCUT2D eigenvalue weighted by Gasteiger charge is 2.17. The van der Waals surface area contributed by atoms with Gasteiger partial charge in [0.25, 0.3) is 5.56 Å². The van der Waals surface area contributed by atoms with Gasteiger partial charge in [0.1, 0.15) is 0 Å². The van der Waals surface area contributed by atoms with Crippen LogP contribution in [0.2, 0.25) is 0 Å². The quantitative estimate of drug-likeness (QED) is 0.760. The van der Waals surface area contributed by atoms with E-state index in [9.17, 15) is 4.79 Å². The predicted octanol–water partition coefficient (Wildman–Crippen LogP) is 0.314. The van der Waals surface area contributed by atoms with Crippen molar-refractivity contribution in [1.29, 1.82) is 0 Å². The average Bonchev–Trinajstić information content (AvgIpc) is 2.54. The molecule has 2 heterocycles. The minimum Gasteiger partial charge on any atom is -0.330 e. The summed E-state index contributed by atoms with van der Waals surface area (Å²) in [5, 5.41) is 3.16. The van der Waals surface area contributed by atoms with Crippen molar-refractivity contribution in [2.24, 2.45) is 5.73 Å². The number of aryl methyl sites for hydroxylation is 1. The van der Waals surface area contributed by atoms with Crippen LogP contribution in [0.4, 0.5) is 0 Å². The molecule has 2 rings (SSSR count). The Morgan fingerprint density at radius 3 is 3.14 bits per heavy atom. The standard InChI is InChI=1S/C9H15N3OS/c10-3-1-4-12-9(13)7-2-5-14-6-8(7)11-12/h11H,1-6,10H2. The van der Waals surface area contributed by atoms with Crippen LogP contribution in [0.15, 0.2) is 4.79 Å². The van der Waals surface area contributed by atoms with Gasteiger partial charge in [-0.05, 0) is 25.1 Å². The maximum Gasteiger partial charge on any atom is 0.269 e. The Kier molecular flexibility index (Phi) is 2.98. The summed E-state index contributed by atoms with van der Waals surface area (Å²) in [5.74, 6) is 2.01. The van der Waals surface area contributed by atoms with Gasteiger partial charge in [-0.1, -0.05) is 0 Å². The van der Waals surface area contributed by atoms with E-state index in [0.29, 0.717) is 13.1 Å². The molecule has 78 valence electrons. The van der Waals surface area contributed by atoms with Crippen LogP contribution >= 0.6 is 11.8 Å². The fourth-order valence-electron chi connectivity index (χ4n) is 1.71. The van der Waals surface area contributed by atoms with Gasteiger partial charge in [-0.2, -0.15) is 11.8 Å². The molecule has 4 nitrogen and oxygen atoms in total. The number of rotatable bonds is 3. The minimum absolute atomic E-state index is 0.161. The van der Waals surface area contributed by atoms with Gasteiger partial charge in [-0.3, -0.25) is 14.6 Å². The number of aromatic nitrogens is 2. The first-order chi connectivity index (χ1) is 6.83. The lowest BCUT2D eigenvalue weighted by Gasteiger charge is -2.07. The van der Waals surface area contributed by atoms with Crippen LogP contribution < -0.4 is 11.3 Å². The normalized spacial score (nSPS) is 15.5. The lowest BCUT2D eigenvalue weighted by atomic mass is 10.2. The van der Waals surface area contributed by atoms with E-state index in [1.54, 1.807) is 4.68 Å². The van der Waals surface area contributed by atoms with Crippen LogP contribution in [-0.2, 0) is 18.7 Å². The second-order valence-corrected chi connectivity index (χ2v) is 4.58. The lowest BCUT2D eigenvalue weighted by Crippen LogP contribution is -2.21. The molecule has 0 fully saturated rings. The van der Waals surface area contributed by atoms with Crippen molar-refractivity contribution in [2.75, 3.05) is 12.3 Å². The molecule has 14 heavy (non-hydrogen) atoms. The van der Waals surface area contributed by atoms with E-state index >= 15 is 0 Å². The summed E-state index contributed by atoms with van der Waals surface area (Å²) in [5.41, 5.74) is 7.68. The maximum atomic E-state index is 11.8. The van der Waals surface area contributed by atoms with E-state index in [-0.39, 0.29) is 5.56 Å². The first-order valence-corrected chi connectivity index (χ1v) is 6.06. The average molecular weight is 213 g/mol. The van der Waals surface area contributed by atoms with Gasteiger partial charge in [0.2, 0.25) is 0 Å². The number of thioether (sulfide) groups is 1. The van der Waals surface area contributed by atoms with Crippen molar-refractivity contribution in [3.05, 3.63) is 21.6 Å². The molecule has 0 aromatic carbocycles. The second-order valence-electron chi connectivity index (χ2n) is 3.47. The molecule has 0 atom stereocenters. The third-order valence-corrected chi connectivity index (χ3v) is 3.45. The molecule has 0 amide bonds. The summed E-state index contributed by atoms with van der Waals surface area (Å²) in [4.78, 5) is 11.8. The van der Waals surface area contributed by atoms with Crippen LogP contribution in [0.3, 0.4) is 0 Å². The Balaban J connectivity index is 2.25. The van der Waals surface area contributed by atoms with Gasteiger partial charge < -0.3 is 5.73 Å². The number of nitrogens with one attached hydrogen (secondary N) is 1. The van der Waals surface area contributed by atoms with Gasteiger partial charge >= 0.3 is 0 Å². The van der Waals surface area contributed by atoms with E-state index in [4.69, 9.17) is 5.73 Å². The van der Waals surface area contributed by atoms with E-state index in [2.05, 4.69) is 5.10 Å². The zero-order valence-corrected chi connectivity index (χ0v) is 8.90. The summed E-state index contributed by atoms with van der Waals surface area (Å²) in [7, 11) is 0. The third kappa shape index (κ3) is 1.74. The topological polar surface area (TPSA) is 63.8 Å². The summed E-state index contributed by atoms with van der Waals surface area (Å²) in [6.07, 6.45) is 1.76. The van der Waals surface area contributed by atoms with Crippen LogP contribution in [0, 0.1) is 0 Å². The molecule has 0 radical (unpaired) electrons. The Bertz CT molecular complexity index is 369. The molecule has 0 bridgehead atoms. The van der Waals surface area contributed by atoms with Crippen molar-refractivity contribution in [2.45, 2.75) is 25.1 Å². The maximum absolute atomic E-state index is 11.8. The van der Waals surface area contributed by atoms with E-state index in [1.807, 2.05) is 11.8 Å². The van der Waals surface area contributed by atoms with Crippen molar-refractivity contribution in [1.82, 2.24) is 9.78 Å². The van der Waals surface area contributed by atoms with Gasteiger partial charge in [-0.15, -0.1) is 0 Å². The van der Waals surface area contributed by atoms with E-state index in [1.165, 1.54) is 0 Å². The van der Waals surface area contributed by atoms with E-state index in [0.717, 1.165) is 35.6 Å². The highest BCUT2D eigenvalue weighted by atomic mass is 32.2. The number of H-pyrrole nitrogens is 1. The first-order valence-electron chi connectivity index (χ1n) is 4.91. The third-order valence-electron chi connectivity index (χ3n) is 2.47. The van der Waals surface area contributed by atoms with Crippen LogP contribution in [0.1, 0.15) is 17.7 Å². The van der Waals surface area contributed by atoms with Crippen molar-refractivity contribution >= 4 is 11.8 Å². The van der Waals surface area contributed by atoms with Crippen molar-refractivity contribution in [3.8, 4) is 0 Å². The molecule has 1 aliphatic heterocycles. The molecule has 0 saturated carbocycles. The van der Waals surface area contributed by atoms with Crippen molar-refractivity contribution < 1.29 is 0 Å². The number of hydrogen-bond donors (Lipinski definition) is 2. The molecule has 0 aliphatic carbocycles. The molecule has 1 aromatic heterocycles. The molecule has 3 N–H and O–H groups in total. The van der Waals surface area contributed by atoms with Gasteiger partial charge in [0.15, 0.2) is 0 Å². The molecular weight excluding hydrogens is 198 g/mol. The Labute approximate surface area is 86.8 Å². The summed E-state index contributed by atoms with van der Waals surface area (Å²) in [6, 6.07) is 0. The molecule has 0 unspecified atom stereocenters. The Morgan fingerprint density at radius 2 is 2.43 bits per heavy atom. The zero-order chi connectivity index (χ0) is 9.97. The molecule has 0 spiro atoms. The summed E-state index contributed by atoms with van der Waals surface area (Å²) < 4.78 is 1.70. The van der Waals surface area contributed by atoms with Gasteiger partial charge in [0, 0.05) is 17.9 Å². The molecule has 0 saturated heterocycles. The van der Waals surface area contributed by atoms with Crippen LogP contribution in [0.5, 0.6) is 0 Å². The smallest absolute Gasteiger partial charge is 0.269 e.